The van der Waals surface area contributed by atoms with Crippen molar-refractivity contribution in [1.82, 2.24) is 0 Å². The summed E-state index contributed by atoms with van der Waals surface area (Å²) in [6.45, 7) is 0.590. The number of nitrogens with two attached hydrogens (primary N) is 1. The summed E-state index contributed by atoms with van der Waals surface area (Å²) in [6, 6.07) is 14.3. The molecule has 0 amide bonds. The summed E-state index contributed by atoms with van der Waals surface area (Å²) >= 11 is 0. The lowest BCUT2D eigenvalue weighted by atomic mass is 9.64. The van der Waals surface area contributed by atoms with E-state index in [0.29, 0.717) is 18.3 Å². The topological polar surface area (TPSA) is 59.6 Å². The zero-order valence-corrected chi connectivity index (χ0v) is 13.8. The van der Waals surface area contributed by atoms with E-state index in [0.717, 1.165) is 30.5 Å². The zero-order valence-electron chi connectivity index (χ0n) is 13.8. The standard InChI is InChI=1S/C19H22FN3O/c1-24-17-6-3-2-5-16(17)23-18(21)22-13-19(11-4-12-19)14-7-9-15(20)10-8-14/h2-3,5-10H,4,11-13H2,1H3,(H3,21,22,23). The number of anilines is 1. The predicted octanol–water partition coefficient (Wildman–Crippen LogP) is 3.68. The molecule has 0 aliphatic heterocycles. The lowest BCUT2D eigenvalue weighted by molar-refractivity contribution is 0.253. The van der Waals surface area contributed by atoms with Gasteiger partial charge in [-0.3, -0.25) is 4.99 Å². The Morgan fingerprint density at radius 1 is 1.21 bits per heavy atom. The highest BCUT2D eigenvalue weighted by molar-refractivity contribution is 5.93. The molecule has 3 rings (SSSR count). The van der Waals surface area contributed by atoms with E-state index in [2.05, 4.69) is 10.3 Å². The molecule has 0 heterocycles. The lowest BCUT2D eigenvalue weighted by Crippen LogP contribution is -2.38. The number of nitrogens with one attached hydrogen (secondary N) is 1. The zero-order chi connectivity index (χ0) is 17.0. The molecule has 0 radical (unpaired) electrons. The Bertz CT molecular complexity index is 724. The predicted molar refractivity (Wildman–Crippen MR) is 95.0 cm³/mol. The molecule has 2 aromatic rings. The summed E-state index contributed by atoms with van der Waals surface area (Å²) in [5.41, 5.74) is 7.93. The van der Waals surface area contributed by atoms with Crippen LogP contribution in [0.3, 0.4) is 0 Å². The van der Waals surface area contributed by atoms with Crippen molar-refractivity contribution >= 4 is 11.6 Å². The molecule has 3 N–H and O–H groups in total. The number of hydrogen-bond donors (Lipinski definition) is 2. The van der Waals surface area contributed by atoms with Gasteiger partial charge in [-0.15, -0.1) is 0 Å². The van der Waals surface area contributed by atoms with E-state index < -0.39 is 0 Å². The largest absolute Gasteiger partial charge is 0.495 e. The highest BCUT2D eigenvalue weighted by atomic mass is 19.1. The minimum absolute atomic E-state index is 0.0270. The van der Waals surface area contributed by atoms with E-state index in [4.69, 9.17) is 10.5 Å². The molecule has 24 heavy (non-hydrogen) atoms. The molecule has 0 spiro atoms. The molecule has 1 aliphatic carbocycles. The van der Waals surface area contributed by atoms with Gasteiger partial charge in [0.05, 0.1) is 19.3 Å². The van der Waals surface area contributed by atoms with Gasteiger partial charge in [0, 0.05) is 5.41 Å². The molecule has 5 heteroatoms. The van der Waals surface area contributed by atoms with Gasteiger partial charge in [0.2, 0.25) is 0 Å². The SMILES string of the molecule is COc1ccccc1NC(N)=NCC1(c2ccc(F)cc2)CCC1. The van der Waals surface area contributed by atoms with Crippen LogP contribution in [0.2, 0.25) is 0 Å². The second-order valence-corrected chi connectivity index (χ2v) is 6.17. The van der Waals surface area contributed by atoms with Crippen molar-refractivity contribution < 1.29 is 9.13 Å². The average Bonchev–Trinajstić information content (AvgIpc) is 2.56. The van der Waals surface area contributed by atoms with E-state index >= 15 is 0 Å². The van der Waals surface area contributed by atoms with Gasteiger partial charge in [-0.2, -0.15) is 0 Å². The van der Waals surface area contributed by atoms with E-state index in [9.17, 15) is 4.39 Å². The maximum Gasteiger partial charge on any atom is 0.193 e. The Hall–Kier alpha value is -2.56. The first-order valence-electron chi connectivity index (χ1n) is 8.09. The quantitative estimate of drug-likeness (QED) is 0.650. The van der Waals surface area contributed by atoms with Gasteiger partial charge in [0.15, 0.2) is 5.96 Å². The molecular formula is C19H22FN3O. The second kappa shape index (κ2) is 6.91. The van der Waals surface area contributed by atoms with E-state index in [1.165, 1.54) is 12.1 Å². The Morgan fingerprint density at radius 3 is 2.54 bits per heavy atom. The minimum atomic E-state index is -0.214. The van der Waals surface area contributed by atoms with Crippen LogP contribution in [0.1, 0.15) is 24.8 Å². The first-order valence-corrected chi connectivity index (χ1v) is 8.09. The average molecular weight is 327 g/mol. The number of guanidine groups is 1. The summed E-state index contributed by atoms with van der Waals surface area (Å²) in [7, 11) is 1.62. The summed E-state index contributed by atoms with van der Waals surface area (Å²) in [4.78, 5) is 4.52. The summed E-state index contributed by atoms with van der Waals surface area (Å²) in [5, 5.41) is 3.09. The molecule has 2 aromatic carbocycles. The number of aliphatic imine (C=N–C) groups is 1. The lowest BCUT2D eigenvalue weighted by Gasteiger charge is -2.41. The molecular weight excluding hydrogens is 305 g/mol. The first-order chi connectivity index (χ1) is 11.6. The highest BCUT2D eigenvalue weighted by Gasteiger charge is 2.38. The number of benzene rings is 2. The van der Waals surface area contributed by atoms with Crippen molar-refractivity contribution in [3.63, 3.8) is 0 Å². The Morgan fingerprint density at radius 2 is 1.92 bits per heavy atom. The van der Waals surface area contributed by atoms with Crippen molar-refractivity contribution in [2.75, 3.05) is 19.0 Å². The van der Waals surface area contributed by atoms with E-state index in [-0.39, 0.29) is 11.2 Å². The third-order valence-corrected chi connectivity index (χ3v) is 4.69. The Balaban J connectivity index is 1.72. The fourth-order valence-corrected chi connectivity index (χ4v) is 3.11. The van der Waals surface area contributed by atoms with Crippen LogP contribution in [0.25, 0.3) is 0 Å². The summed E-state index contributed by atoms with van der Waals surface area (Å²) in [6.07, 6.45) is 3.25. The molecule has 126 valence electrons. The van der Waals surface area contributed by atoms with Crippen LogP contribution >= 0.6 is 0 Å². The molecule has 0 atom stereocenters. The fraction of sp³-hybridized carbons (Fsp3) is 0.316. The summed E-state index contributed by atoms with van der Waals surface area (Å²) < 4.78 is 18.5. The monoisotopic (exact) mass is 327 g/mol. The molecule has 0 saturated heterocycles. The Kier molecular flexibility index (Phi) is 4.69. The molecule has 0 unspecified atom stereocenters. The number of para-hydroxylation sites is 2. The van der Waals surface area contributed by atoms with Crippen molar-refractivity contribution in [3.05, 3.63) is 59.9 Å². The van der Waals surface area contributed by atoms with Crippen LogP contribution in [0.5, 0.6) is 5.75 Å². The van der Waals surface area contributed by atoms with E-state index in [1.807, 2.05) is 36.4 Å². The first kappa shape index (κ1) is 16.3. The van der Waals surface area contributed by atoms with Crippen LogP contribution in [0, 0.1) is 5.82 Å². The van der Waals surface area contributed by atoms with Crippen LogP contribution in [0.15, 0.2) is 53.5 Å². The Labute approximate surface area is 141 Å². The number of hydrogen-bond acceptors (Lipinski definition) is 2. The number of nitrogens with zero attached hydrogens (tertiary/aromatic N) is 1. The fourth-order valence-electron chi connectivity index (χ4n) is 3.11. The van der Waals surface area contributed by atoms with Gasteiger partial charge in [-0.25, -0.2) is 4.39 Å². The molecule has 1 fully saturated rings. The van der Waals surface area contributed by atoms with E-state index in [1.54, 1.807) is 7.11 Å². The van der Waals surface area contributed by atoms with Gasteiger partial charge in [0.25, 0.3) is 0 Å². The third-order valence-electron chi connectivity index (χ3n) is 4.69. The van der Waals surface area contributed by atoms with Gasteiger partial charge < -0.3 is 15.8 Å². The van der Waals surface area contributed by atoms with Crippen LogP contribution in [-0.4, -0.2) is 19.6 Å². The third kappa shape index (κ3) is 3.35. The van der Waals surface area contributed by atoms with Gasteiger partial charge >= 0.3 is 0 Å². The normalized spacial score (nSPS) is 16.3. The molecule has 4 nitrogen and oxygen atoms in total. The minimum Gasteiger partial charge on any atom is -0.495 e. The highest BCUT2D eigenvalue weighted by Crippen LogP contribution is 2.44. The smallest absolute Gasteiger partial charge is 0.193 e. The van der Waals surface area contributed by atoms with Gasteiger partial charge in [0.1, 0.15) is 11.6 Å². The number of halogens is 1. The van der Waals surface area contributed by atoms with Crippen LogP contribution in [-0.2, 0) is 5.41 Å². The second-order valence-electron chi connectivity index (χ2n) is 6.17. The van der Waals surface area contributed by atoms with Crippen LogP contribution < -0.4 is 15.8 Å². The van der Waals surface area contributed by atoms with Gasteiger partial charge in [-0.05, 0) is 42.7 Å². The number of rotatable bonds is 5. The number of ether oxygens (including phenoxy) is 1. The van der Waals surface area contributed by atoms with Crippen LogP contribution in [0.4, 0.5) is 10.1 Å². The van der Waals surface area contributed by atoms with Crippen molar-refractivity contribution in [2.45, 2.75) is 24.7 Å². The maximum atomic E-state index is 13.2. The van der Waals surface area contributed by atoms with Gasteiger partial charge in [-0.1, -0.05) is 30.7 Å². The van der Waals surface area contributed by atoms with Crippen molar-refractivity contribution in [2.24, 2.45) is 10.7 Å². The maximum absolute atomic E-state index is 13.2. The molecule has 1 saturated carbocycles. The molecule has 0 bridgehead atoms. The molecule has 0 aromatic heterocycles. The summed E-state index contributed by atoms with van der Waals surface area (Å²) in [5.74, 6) is 0.856. The molecule has 1 aliphatic rings. The number of methoxy groups -OCH3 is 1. The van der Waals surface area contributed by atoms with Crippen molar-refractivity contribution in [1.29, 1.82) is 0 Å². The van der Waals surface area contributed by atoms with Crippen molar-refractivity contribution in [3.8, 4) is 5.75 Å².